The summed E-state index contributed by atoms with van der Waals surface area (Å²) >= 11 is 0. The molecule has 1 aliphatic rings. The van der Waals surface area contributed by atoms with Crippen LogP contribution in [-0.4, -0.2) is 84.5 Å². The number of hydrogen-bond donors (Lipinski definition) is 6. The molecule has 0 radical (unpaired) electrons. The van der Waals surface area contributed by atoms with Crippen LogP contribution >= 0.6 is 15.6 Å². The fraction of sp³-hybridized carbons (Fsp3) is 0.615. The molecular weight excluding hydrogens is 480 g/mol. The lowest BCUT2D eigenvalue weighted by atomic mass is 10.1. The molecule has 17 nitrogen and oxygen atoms in total. The van der Waals surface area contributed by atoms with Crippen LogP contribution in [-0.2, 0) is 32.2 Å². The maximum Gasteiger partial charge on any atom is 0.481 e. The Balaban J connectivity index is 1.85. The molecule has 1 fully saturated rings. The van der Waals surface area contributed by atoms with E-state index >= 15 is 0 Å². The molecule has 0 saturated carbocycles. The number of nitrogens with zero attached hydrogens (tertiary/aromatic N) is 3. The zero-order valence-electron chi connectivity index (χ0n) is 16.4. The first-order chi connectivity index (χ1) is 14.9. The van der Waals surface area contributed by atoms with E-state index in [9.17, 15) is 23.9 Å². The van der Waals surface area contributed by atoms with Crippen molar-refractivity contribution in [2.75, 3.05) is 32.7 Å². The second-order valence-electron chi connectivity index (χ2n) is 6.50. The minimum absolute atomic E-state index is 0.00385. The van der Waals surface area contributed by atoms with E-state index in [0.29, 0.717) is 0 Å². The molecule has 1 aliphatic heterocycles. The quantitative estimate of drug-likeness (QED) is 0.155. The highest BCUT2D eigenvalue weighted by molar-refractivity contribution is 7.60. The van der Waals surface area contributed by atoms with Crippen LogP contribution in [0.4, 0.5) is 5.95 Å². The van der Waals surface area contributed by atoms with Crippen LogP contribution in [0.1, 0.15) is 6.23 Å². The van der Waals surface area contributed by atoms with Crippen molar-refractivity contribution in [3.63, 3.8) is 0 Å². The zero-order chi connectivity index (χ0) is 23.7. The van der Waals surface area contributed by atoms with Crippen molar-refractivity contribution in [3.05, 3.63) is 16.7 Å². The molecule has 0 aromatic carbocycles. The molecule has 0 aliphatic carbocycles. The Bertz CT molecular complexity index is 1100. The summed E-state index contributed by atoms with van der Waals surface area (Å²) in [5.74, 6) is -0.208. The number of nitrogen functional groups attached to an aromatic ring is 1. The van der Waals surface area contributed by atoms with Gasteiger partial charge in [0, 0.05) is 7.11 Å². The van der Waals surface area contributed by atoms with Gasteiger partial charge in [0.05, 0.1) is 26.1 Å². The first-order valence-corrected chi connectivity index (χ1v) is 11.8. The minimum atomic E-state index is -5.33. The predicted octanol–water partition coefficient (Wildman–Crippen LogP) is -1.78. The van der Waals surface area contributed by atoms with Gasteiger partial charge in [0.2, 0.25) is 5.95 Å². The second kappa shape index (κ2) is 9.62. The average molecular weight is 501 g/mol. The lowest BCUT2D eigenvalue weighted by Gasteiger charge is -2.21. The number of H-pyrrole nitrogens is 1. The van der Waals surface area contributed by atoms with Crippen molar-refractivity contribution in [3.8, 4) is 0 Å². The molecule has 32 heavy (non-hydrogen) atoms. The monoisotopic (exact) mass is 501 g/mol. The van der Waals surface area contributed by atoms with E-state index in [1.807, 2.05) is 0 Å². The van der Waals surface area contributed by atoms with Crippen molar-refractivity contribution in [1.29, 1.82) is 0 Å². The second-order valence-corrected chi connectivity index (χ2v) is 9.33. The highest BCUT2D eigenvalue weighted by atomic mass is 31.3. The number of rotatable bonds is 10. The third-order valence-electron chi connectivity index (χ3n) is 4.24. The number of anilines is 1. The lowest BCUT2D eigenvalue weighted by molar-refractivity contribution is -0.0668. The number of hydrogen-bond acceptors (Lipinski definition) is 12. The highest BCUT2D eigenvalue weighted by Crippen LogP contribution is 2.57. The Morgan fingerprint density at radius 3 is 2.69 bits per heavy atom. The summed E-state index contributed by atoms with van der Waals surface area (Å²) in [5.41, 5.74) is 4.85. The Morgan fingerprint density at radius 2 is 2.03 bits per heavy atom. The topological polar surface area (TPSA) is 251 Å². The van der Waals surface area contributed by atoms with Gasteiger partial charge in [-0.2, -0.15) is 9.29 Å². The number of aromatic nitrogens is 4. The number of fused-ring (bicyclic) bond motifs is 1. The smallest absolute Gasteiger partial charge is 0.386 e. The lowest BCUT2D eigenvalue weighted by Crippen LogP contribution is -2.37. The minimum Gasteiger partial charge on any atom is -0.386 e. The molecule has 3 rings (SSSR count). The van der Waals surface area contributed by atoms with Crippen LogP contribution in [0.25, 0.3) is 11.2 Å². The number of methoxy groups -OCH3 is 1. The summed E-state index contributed by atoms with van der Waals surface area (Å²) in [6.45, 7) is -0.624. The van der Waals surface area contributed by atoms with Gasteiger partial charge in [0.25, 0.3) is 5.56 Å². The summed E-state index contributed by atoms with van der Waals surface area (Å²) in [7, 11) is -9.08. The van der Waals surface area contributed by atoms with Gasteiger partial charge in [-0.3, -0.25) is 18.9 Å². The normalized spacial score (nSPS) is 25.9. The number of ether oxygens (including phenoxy) is 3. The summed E-state index contributed by atoms with van der Waals surface area (Å²) in [6, 6.07) is 0. The van der Waals surface area contributed by atoms with Crippen LogP contribution in [0, 0.1) is 0 Å². The number of aromatic amines is 1. The summed E-state index contributed by atoms with van der Waals surface area (Å²) in [5, 5.41) is 10.8. The Kier molecular flexibility index (Phi) is 7.48. The van der Waals surface area contributed by atoms with E-state index in [1.54, 1.807) is 0 Å². The van der Waals surface area contributed by atoms with Gasteiger partial charge in [0.15, 0.2) is 17.4 Å². The number of nitrogens with one attached hydrogen (secondary N) is 1. The molecule has 0 bridgehead atoms. The van der Waals surface area contributed by atoms with Crippen LogP contribution < -0.4 is 11.3 Å². The van der Waals surface area contributed by atoms with Gasteiger partial charge in [-0.15, -0.1) is 0 Å². The molecule has 5 atom stereocenters. The number of aliphatic hydroxyl groups is 1. The molecule has 1 saturated heterocycles. The van der Waals surface area contributed by atoms with E-state index in [1.165, 1.54) is 18.0 Å². The van der Waals surface area contributed by atoms with Gasteiger partial charge in [-0.25, -0.2) is 14.1 Å². The van der Waals surface area contributed by atoms with E-state index in [4.69, 9.17) is 29.7 Å². The fourth-order valence-corrected chi connectivity index (χ4v) is 4.61. The van der Waals surface area contributed by atoms with Gasteiger partial charge in [-0.1, -0.05) is 0 Å². The van der Waals surface area contributed by atoms with Crippen LogP contribution in [0.2, 0.25) is 0 Å². The molecule has 7 N–H and O–H groups in total. The van der Waals surface area contributed by atoms with Gasteiger partial charge < -0.3 is 39.7 Å². The van der Waals surface area contributed by atoms with Crippen molar-refractivity contribution >= 4 is 32.8 Å². The molecule has 19 heteroatoms. The molecule has 3 heterocycles. The SMILES string of the molecule is COCCO[C@@H]1C(O)[C@H](n2cnc3c(=O)[nH]c(N)nc32)O[C@@H]1COP(=O)(O)OP(=O)(O)O. The maximum absolute atomic E-state index is 12.0. The van der Waals surface area contributed by atoms with Crippen molar-refractivity contribution in [2.45, 2.75) is 24.5 Å². The molecule has 2 aromatic heterocycles. The van der Waals surface area contributed by atoms with Gasteiger partial charge in [0.1, 0.15) is 18.3 Å². The molecular formula is C13H21N5O12P2. The Hall–Kier alpha value is -1.75. The van der Waals surface area contributed by atoms with Crippen molar-refractivity contribution in [1.82, 2.24) is 19.5 Å². The molecule has 2 unspecified atom stereocenters. The van der Waals surface area contributed by atoms with E-state index in [-0.39, 0.29) is 30.3 Å². The Labute approximate surface area is 178 Å². The first kappa shape index (κ1) is 24.9. The summed E-state index contributed by atoms with van der Waals surface area (Å²) in [6.07, 6.45) is -3.85. The summed E-state index contributed by atoms with van der Waals surface area (Å²) < 4.78 is 48.2. The van der Waals surface area contributed by atoms with Gasteiger partial charge >= 0.3 is 15.6 Å². The third-order valence-corrected chi connectivity index (χ3v) is 6.40. The van der Waals surface area contributed by atoms with E-state index < -0.39 is 52.4 Å². The Morgan fingerprint density at radius 1 is 1.31 bits per heavy atom. The van der Waals surface area contributed by atoms with Crippen molar-refractivity contribution in [2.24, 2.45) is 0 Å². The molecule has 0 amide bonds. The fourth-order valence-electron chi connectivity index (χ4n) is 3.01. The van der Waals surface area contributed by atoms with Crippen LogP contribution in [0.15, 0.2) is 11.1 Å². The van der Waals surface area contributed by atoms with Crippen LogP contribution in [0.3, 0.4) is 0 Å². The summed E-state index contributed by atoms with van der Waals surface area (Å²) in [4.78, 5) is 49.1. The van der Waals surface area contributed by atoms with Crippen LogP contribution in [0.5, 0.6) is 0 Å². The predicted molar refractivity (Wildman–Crippen MR) is 103 cm³/mol. The van der Waals surface area contributed by atoms with E-state index in [0.717, 1.165) is 0 Å². The van der Waals surface area contributed by atoms with E-state index in [2.05, 4.69) is 23.8 Å². The van der Waals surface area contributed by atoms with Crippen molar-refractivity contribution < 1.29 is 52.0 Å². The number of phosphoric ester groups is 1. The number of imidazole rings is 1. The number of phosphoric acid groups is 2. The standard InChI is InChI=1S/C13H21N5O12P2/c1-26-2-3-27-9-6(4-28-32(24,25)30-31(21,22)23)29-12(8(9)19)18-5-15-7-10(18)16-13(14)17-11(7)20/h5-6,8-9,12,19H,2-4H2,1H3,(H,24,25)(H2,21,22,23)(H3,14,16,17,20)/t6-,8?,9+,12-/m1/s1. The number of nitrogens with two attached hydrogens (primary N) is 1. The first-order valence-electron chi connectivity index (χ1n) is 8.82. The molecule has 0 spiro atoms. The third kappa shape index (κ3) is 5.78. The number of aliphatic hydroxyl groups excluding tert-OH is 1. The van der Waals surface area contributed by atoms with Gasteiger partial charge in [-0.05, 0) is 0 Å². The maximum atomic E-state index is 12.0. The highest BCUT2D eigenvalue weighted by Gasteiger charge is 2.47. The largest absolute Gasteiger partial charge is 0.481 e. The zero-order valence-corrected chi connectivity index (χ0v) is 18.2. The molecule has 180 valence electrons. The molecule has 2 aromatic rings. The average Bonchev–Trinajstić information content (AvgIpc) is 3.20.